The summed E-state index contributed by atoms with van der Waals surface area (Å²) in [6.45, 7) is 2.75. The smallest absolute Gasteiger partial charge is 0.267 e. The van der Waals surface area contributed by atoms with Crippen molar-refractivity contribution in [2.24, 2.45) is 11.0 Å². The zero-order chi connectivity index (χ0) is 10.1. The first-order valence-electron chi connectivity index (χ1n) is 4.57. The van der Waals surface area contributed by atoms with E-state index in [0.717, 1.165) is 6.54 Å². The van der Waals surface area contributed by atoms with Crippen LogP contribution >= 0.6 is 0 Å². The molecule has 1 aliphatic carbocycles. The SMILES string of the molecule is CCN1N=CC2C=CC([N+](=O)[O-])=CC21. The highest BCUT2D eigenvalue weighted by Crippen LogP contribution is 2.25. The molecule has 0 aromatic heterocycles. The zero-order valence-corrected chi connectivity index (χ0v) is 7.83. The lowest BCUT2D eigenvalue weighted by Crippen LogP contribution is -2.31. The molecule has 0 aromatic carbocycles. The highest BCUT2D eigenvalue weighted by molar-refractivity contribution is 5.68. The summed E-state index contributed by atoms with van der Waals surface area (Å²) in [7, 11) is 0. The maximum Gasteiger partial charge on any atom is 0.267 e. The Labute approximate surface area is 81.5 Å². The van der Waals surface area contributed by atoms with Crippen LogP contribution in [0.15, 0.2) is 29.0 Å². The fourth-order valence-corrected chi connectivity index (χ4v) is 1.74. The van der Waals surface area contributed by atoms with Crippen molar-refractivity contribution in [1.29, 1.82) is 0 Å². The molecule has 2 aliphatic rings. The van der Waals surface area contributed by atoms with Crippen molar-refractivity contribution < 1.29 is 4.92 Å². The monoisotopic (exact) mass is 193 g/mol. The number of allylic oxidation sites excluding steroid dienone is 1. The summed E-state index contributed by atoms with van der Waals surface area (Å²) in [4.78, 5) is 10.2. The second kappa shape index (κ2) is 3.25. The molecule has 0 bridgehead atoms. The van der Waals surface area contributed by atoms with Crippen molar-refractivity contribution in [2.75, 3.05) is 6.54 Å². The average molecular weight is 193 g/mol. The molecular weight excluding hydrogens is 182 g/mol. The molecule has 0 fully saturated rings. The van der Waals surface area contributed by atoms with Gasteiger partial charge in [-0.1, -0.05) is 6.08 Å². The van der Waals surface area contributed by atoms with Gasteiger partial charge in [-0.2, -0.15) is 5.10 Å². The molecule has 1 heterocycles. The molecule has 0 saturated carbocycles. The van der Waals surface area contributed by atoms with Gasteiger partial charge < -0.3 is 0 Å². The quantitative estimate of drug-likeness (QED) is 0.486. The molecule has 74 valence electrons. The van der Waals surface area contributed by atoms with Crippen molar-refractivity contribution in [2.45, 2.75) is 13.0 Å². The van der Waals surface area contributed by atoms with E-state index < -0.39 is 0 Å². The molecule has 0 aromatic rings. The van der Waals surface area contributed by atoms with Gasteiger partial charge in [0.05, 0.1) is 11.0 Å². The van der Waals surface area contributed by atoms with Crippen molar-refractivity contribution in [3.63, 3.8) is 0 Å². The fraction of sp³-hybridized carbons (Fsp3) is 0.444. The van der Waals surface area contributed by atoms with E-state index >= 15 is 0 Å². The van der Waals surface area contributed by atoms with Gasteiger partial charge in [0.25, 0.3) is 5.70 Å². The standard InChI is InChI=1S/C9H11N3O2/c1-2-11-9-5-8(12(13)14)4-3-7(9)6-10-11/h3-7,9H,2H2,1H3. The van der Waals surface area contributed by atoms with E-state index in [1.807, 2.05) is 24.2 Å². The van der Waals surface area contributed by atoms with Crippen LogP contribution < -0.4 is 0 Å². The Morgan fingerprint density at radius 1 is 1.71 bits per heavy atom. The molecule has 0 saturated heterocycles. The summed E-state index contributed by atoms with van der Waals surface area (Å²) in [5, 5.41) is 16.6. The van der Waals surface area contributed by atoms with Gasteiger partial charge in [0, 0.05) is 30.8 Å². The lowest BCUT2D eigenvalue weighted by atomic mass is 9.96. The van der Waals surface area contributed by atoms with Gasteiger partial charge in [0.2, 0.25) is 0 Å². The molecule has 2 atom stereocenters. The Kier molecular flexibility index (Phi) is 2.07. The summed E-state index contributed by atoms with van der Waals surface area (Å²) in [6.07, 6.45) is 6.88. The van der Waals surface area contributed by atoms with Crippen LogP contribution in [0.5, 0.6) is 0 Å². The van der Waals surface area contributed by atoms with Crippen LogP contribution in [0.2, 0.25) is 0 Å². The van der Waals surface area contributed by atoms with Crippen molar-refractivity contribution in [3.05, 3.63) is 34.0 Å². The van der Waals surface area contributed by atoms with E-state index in [0.29, 0.717) is 0 Å². The first-order valence-corrected chi connectivity index (χ1v) is 4.57. The number of hydrazone groups is 1. The van der Waals surface area contributed by atoms with E-state index in [1.165, 1.54) is 0 Å². The highest BCUT2D eigenvalue weighted by Gasteiger charge is 2.31. The van der Waals surface area contributed by atoms with Crippen molar-refractivity contribution in [1.82, 2.24) is 5.01 Å². The molecule has 1 aliphatic heterocycles. The lowest BCUT2D eigenvalue weighted by molar-refractivity contribution is -0.419. The van der Waals surface area contributed by atoms with Crippen LogP contribution in [-0.4, -0.2) is 28.7 Å². The minimum absolute atomic E-state index is 0.0328. The predicted molar refractivity (Wildman–Crippen MR) is 52.4 cm³/mol. The van der Waals surface area contributed by atoms with E-state index in [1.54, 1.807) is 12.2 Å². The maximum absolute atomic E-state index is 10.6. The molecule has 0 spiro atoms. The minimum Gasteiger partial charge on any atom is -0.290 e. The van der Waals surface area contributed by atoms with Crippen LogP contribution in [0.4, 0.5) is 0 Å². The Bertz CT molecular complexity index is 346. The molecule has 2 unspecified atom stereocenters. The van der Waals surface area contributed by atoms with Crippen LogP contribution in [0.1, 0.15) is 6.92 Å². The predicted octanol–water partition coefficient (Wildman–Crippen LogP) is 1.02. The molecule has 2 rings (SSSR count). The summed E-state index contributed by atoms with van der Waals surface area (Å²) in [6, 6.07) is 0.0328. The molecule has 5 heteroatoms. The Morgan fingerprint density at radius 3 is 3.14 bits per heavy atom. The summed E-state index contributed by atoms with van der Waals surface area (Å²) >= 11 is 0. The summed E-state index contributed by atoms with van der Waals surface area (Å²) in [5.41, 5.74) is 0.162. The number of nitro groups is 1. The van der Waals surface area contributed by atoms with Gasteiger partial charge in [-0.25, -0.2) is 0 Å². The van der Waals surface area contributed by atoms with Crippen LogP contribution in [-0.2, 0) is 0 Å². The third kappa shape index (κ3) is 1.30. The number of nitrogens with zero attached hydrogens (tertiary/aromatic N) is 3. The number of rotatable bonds is 2. The summed E-state index contributed by atoms with van der Waals surface area (Å²) in [5.74, 6) is 0.193. The number of fused-ring (bicyclic) bond motifs is 1. The largest absolute Gasteiger partial charge is 0.290 e. The van der Waals surface area contributed by atoms with Crippen molar-refractivity contribution in [3.8, 4) is 0 Å². The van der Waals surface area contributed by atoms with Gasteiger partial charge in [-0.15, -0.1) is 0 Å². The Balaban J connectivity index is 2.24. The highest BCUT2D eigenvalue weighted by atomic mass is 16.6. The first kappa shape index (κ1) is 8.93. The van der Waals surface area contributed by atoms with Crippen LogP contribution in [0, 0.1) is 16.0 Å². The van der Waals surface area contributed by atoms with Gasteiger partial charge in [0.15, 0.2) is 0 Å². The second-order valence-electron chi connectivity index (χ2n) is 3.30. The number of hydrogen-bond donors (Lipinski definition) is 0. The third-order valence-corrected chi connectivity index (χ3v) is 2.49. The van der Waals surface area contributed by atoms with Gasteiger partial charge in [-0.3, -0.25) is 15.1 Å². The van der Waals surface area contributed by atoms with E-state index in [9.17, 15) is 10.1 Å². The molecule has 0 amide bonds. The van der Waals surface area contributed by atoms with E-state index in [-0.39, 0.29) is 22.6 Å². The molecule has 0 N–H and O–H groups in total. The Morgan fingerprint density at radius 2 is 2.50 bits per heavy atom. The maximum atomic E-state index is 10.6. The topological polar surface area (TPSA) is 58.7 Å². The Hall–Kier alpha value is -1.65. The normalized spacial score (nSPS) is 28.9. The lowest BCUT2D eigenvalue weighted by Gasteiger charge is -2.23. The summed E-state index contributed by atoms with van der Waals surface area (Å²) < 4.78 is 0. The minimum atomic E-state index is -0.362. The molecular formula is C9H11N3O2. The zero-order valence-electron chi connectivity index (χ0n) is 7.83. The number of hydrogen-bond acceptors (Lipinski definition) is 4. The molecule has 14 heavy (non-hydrogen) atoms. The average Bonchev–Trinajstić information content (AvgIpc) is 2.59. The van der Waals surface area contributed by atoms with Gasteiger partial charge in [0.1, 0.15) is 0 Å². The van der Waals surface area contributed by atoms with Crippen LogP contribution in [0.25, 0.3) is 0 Å². The van der Waals surface area contributed by atoms with Crippen LogP contribution in [0.3, 0.4) is 0 Å². The number of likely N-dealkylation sites (N-methyl/N-ethyl adjacent to an activating group) is 1. The fourth-order valence-electron chi connectivity index (χ4n) is 1.74. The van der Waals surface area contributed by atoms with E-state index in [4.69, 9.17) is 0 Å². The molecule has 5 nitrogen and oxygen atoms in total. The van der Waals surface area contributed by atoms with Gasteiger partial charge >= 0.3 is 0 Å². The second-order valence-corrected chi connectivity index (χ2v) is 3.30. The van der Waals surface area contributed by atoms with E-state index in [2.05, 4.69) is 5.10 Å². The molecule has 0 radical (unpaired) electrons. The van der Waals surface area contributed by atoms with Crippen molar-refractivity contribution >= 4 is 6.21 Å². The third-order valence-electron chi connectivity index (χ3n) is 2.49. The first-order chi connectivity index (χ1) is 6.72. The van der Waals surface area contributed by atoms with Gasteiger partial charge in [-0.05, 0) is 6.92 Å².